The first-order valence-electron chi connectivity index (χ1n) is 7.64. The van der Waals surface area contributed by atoms with E-state index in [2.05, 4.69) is 25.8 Å². The van der Waals surface area contributed by atoms with E-state index in [9.17, 15) is 0 Å². The van der Waals surface area contributed by atoms with Crippen LogP contribution in [0.5, 0.6) is 0 Å². The highest BCUT2D eigenvalue weighted by Gasteiger charge is 2.43. The van der Waals surface area contributed by atoms with Crippen LogP contribution in [-0.2, 0) is 6.54 Å². The van der Waals surface area contributed by atoms with Crippen LogP contribution in [0.1, 0.15) is 24.4 Å². The molecular weight excluding hydrogens is 264 g/mol. The van der Waals surface area contributed by atoms with Crippen molar-refractivity contribution in [2.24, 2.45) is 0 Å². The number of furan rings is 1. The average Bonchev–Trinajstić information content (AvgIpc) is 3.18. The molecule has 4 heterocycles. The van der Waals surface area contributed by atoms with Crippen LogP contribution in [-0.4, -0.2) is 40.0 Å². The largest absolute Gasteiger partial charge is 0.465 e. The van der Waals surface area contributed by atoms with Gasteiger partial charge in [0.15, 0.2) is 0 Å². The maximum Gasteiger partial charge on any atom is 0.225 e. The summed E-state index contributed by atoms with van der Waals surface area (Å²) in [5.41, 5.74) is 0. The Bertz CT molecular complexity index is 612. The summed E-state index contributed by atoms with van der Waals surface area (Å²) < 4.78 is 5.73. The van der Waals surface area contributed by atoms with E-state index in [0.29, 0.717) is 12.1 Å². The van der Waals surface area contributed by atoms with E-state index in [4.69, 9.17) is 4.42 Å². The van der Waals surface area contributed by atoms with E-state index in [-0.39, 0.29) is 0 Å². The van der Waals surface area contributed by atoms with Gasteiger partial charge in [0.1, 0.15) is 11.5 Å². The highest BCUT2D eigenvalue weighted by molar-refractivity contribution is 5.35. The fourth-order valence-electron chi connectivity index (χ4n) is 3.73. The van der Waals surface area contributed by atoms with Gasteiger partial charge in [0, 0.05) is 37.6 Å². The molecule has 2 atom stereocenters. The second kappa shape index (κ2) is 5.15. The van der Waals surface area contributed by atoms with E-state index in [1.807, 2.05) is 31.5 Å². The molecule has 2 aromatic heterocycles. The maximum absolute atomic E-state index is 5.73. The predicted octanol–water partition coefficient (Wildman–Crippen LogP) is 2.23. The Labute approximate surface area is 124 Å². The van der Waals surface area contributed by atoms with Gasteiger partial charge in [0.2, 0.25) is 5.95 Å². The van der Waals surface area contributed by atoms with Crippen molar-refractivity contribution in [2.75, 3.05) is 18.0 Å². The Morgan fingerprint density at radius 1 is 1.14 bits per heavy atom. The molecule has 2 aliphatic heterocycles. The van der Waals surface area contributed by atoms with E-state index >= 15 is 0 Å². The Balaban J connectivity index is 1.48. The van der Waals surface area contributed by atoms with Crippen LogP contribution < -0.4 is 4.90 Å². The second-order valence-electron chi connectivity index (χ2n) is 5.94. The third-order valence-electron chi connectivity index (χ3n) is 4.66. The molecule has 4 rings (SSSR count). The van der Waals surface area contributed by atoms with Crippen molar-refractivity contribution in [1.29, 1.82) is 0 Å². The summed E-state index contributed by atoms with van der Waals surface area (Å²) in [5.74, 6) is 2.94. The van der Waals surface area contributed by atoms with Gasteiger partial charge in [-0.2, -0.15) is 0 Å². The fourth-order valence-corrected chi connectivity index (χ4v) is 3.73. The highest BCUT2D eigenvalue weighted by Crippen LogP contribution is 2.34. The number of hydrogen-bond acceptors (Lipinski definition) is 5. The smallest absolute Gasteiger partial charge is 0.225 e. The van der Waals surface area contributed by atoms with Crippen LogP contribution in [0.4, 0.5) is 5.95 Å². The number of rotatable bonds is 3. The Morgan fingerprint density at radius 2 is 1.95 bits per heavy atom. The Kier molecular flexibility index (Phi) is 3.15. The van der Waals surface area contributed by atoms with Gasteiger partial charge in [-0.25, -0.2) is 9.97 Å². The van der Waals surface area contributed by atoms with Crippen LogP contribution in [0.2, 0.25) is 0 Å². The number of nitrogens with zero attached hydrogens (tertiary/aromatic N) is 4. The van der Waals surface area contributed by atoms with Gasteiger partial charge < -0.3 is 9.32 Å². The number of aromatic nitrogens is 2. The lowest BCUT2D eigenvalue weighted by molar-refractivity contribution is 0.225. The topological polar surface area (TPSA) is 45.4 Å². The van der Waals surface area contributed by atoms with Crippen LogP contribution in [0, 0.1) is 6.92 Å². The molecule has 110 valence electrons. The molecule has 0 N–H and O–H groups in total. The minimum atomic E-state index is 0.545. The molecule has 0 spiro atoms. The molecule has 0 amide bonds. The molecule has 0 radical (unpaired) electrons. The van der Waals surface area contributed by atoms with E-state index in [1.54, 1.807) is 0 Å². The molecule has 0 aliphatic carbocycles. The summed E-state index contributed by atoms with van der Waals surface area (Å²) in [5, 5.41) is 0. The summed E-state index contributed by atoms with van der Waals surface area (Å²) in [6.07, 6.45) is 6.02. The van der Waals surface area contributed by atoms with Crippen molar-refractivity contribution in [3.05, 3.63) is 42.1 Å². The molecule has 0 saturated carbocycles. The molecule has 2 saturated heterocycles. The van der Waals surface area contributed by atoms with Crippen molar-refractivity contribution in [3.8, 4) is 0 Å². The summed E-state index contributed by atoms with van der Waals surface area (Å²) >= 11 is 0. The maximum atomic E-state index is 5.73. The molecule has 0 bridgehead atoms. The van der Waals surface area contributed by atoms with Gasteiger partial charge in [0.25, 0.3) is 0 Å². The minimum Gasteiger partial charge on any atom is -0.465 e. The summed E-state index contributed by atoms with van der Waals surface area (Å²) in [6.45, 7) is 5.09. The van der Waals surface area contributed by atoms with Gasteiger partial charge in [-0.1, -0.05) is 0 Å². The van der Waals surface area contributed by atoms with Crippen molar-refractivity contribution < 1.29 is 4.42 Å². The third-order valence-corrected chi connectivity index (χ3v) is 4.66. The summed E-state index contributed by atoms with van der Waals surface area (Å²) in [4.78, 5) is 13.7. The van der Waals surface area contributed by atoms with Crippen LogP contribution >= 0.6 is 0 Å². The lowest BCUT2D eigenvalue weighted by Gasteiger charge is -2.25. The van der Waals surface area contributed by atoms with Crippen LogP contribution in [0.15, 0.2) is 35.0 Å². The molecule has 0 aromatic carbocycles. The quantitative estimate of drug-likeness (QED) is 0.865. The highest BCUT2D eigenvalue weighted by atomic mass is 16.3. The molecule has 2 fully saturated rings. The van der Waals surface area contributed by atoms with E-state index in [0.717, 1.165) is 37.1 Å². The molecule has 21 heavy (non-hydrogen) atoms. The molecule has 2 aromatic rings. The zero-order valence-corrected chi connectivity index (χ0v) is 12.3. The zero-order chi connectivity index (χ0) is 14.2. The van der Waals surface area contributed by atoms with E-state index in [1.165, 1.54) is 12.8 Å². The first-order valence-corrected chi connectivity index (χ1v) is 7.64. The monoisotopic (exact) mass is 284 g/mol. The van der Waals surface area contributed by atoms with Gasteiger partial charge in [-0.3, -0.25) is 4.90 Å². The lowest BCUT2D eigenvalue weighted by Crippen LogP contribution is -2.36. The van der Waals surface area contributed by atoms with Gasteiger partial charge >= 0.3 is 0 Å². The molecular formula is C16H20N4O. The number of aryl methyl sites for hydroxylation is 1. The van der Waals surface area contributed by atoms with Gasteiger partial charge in [-0.15, -0.1) is 0 Å². The summed E-state index contributed by atoms with van der Waals surface area (Å²) in [6, 6.07) is 7.15. The van der Waals surface area contributed by atoms with Crippen molar-refractivity contribution in [1.82, 2.24) is 14.9 Å². The molecule has 0 unspecified atom stereocenters. The van der Waals surface area contributed by atoms with Crippen molar-refractivity contribution >= 4 is 5.95 Å². The average molecular weight is 284 g/mol. The zero-order valence-electron chi connectivity index (χ0n) is 12.3. The Morgan fingerprint density at radius 3 is 2.71 bits per heavy atom. The lowest BCUT2D eigenvalue weighted by atomic mass is 10.1. The third kappa shape index (κ3) is 2.31. The van der Waals surface area contributed by atoms with Crippen molar-refractivity contribution in [2.45, 2.75) is 38.4 Å². The molecule has 5 nitrogen and oxygen atoms in total. The first kappa shape index (κ1) is 12.8. The SMILES string of the molecule is Cc1ccc(CN2CC[C@H]3[C@H]2CCN3c2ncccn2)o1. The Hall–Kier alpha value is -1.88. The van der Waals surface area contributed by atoms with Gasteiger partial charge in [0.05, 0.1) is 6.54 Å². The minimum absolute atomic E-state index is 0.545. The summed E-state index contributed by atoms with van der Waals surface area (Å²) in [7, 11) is 0. The normalized spacial score (nSPS) is 25.5. The number of anilines is 1. The standard InChI is InChI=1S/C16H20N4O/c1-12-3-4-13(21-12)11-19-9-5-15-14(19)6-10-20(15)16-17-7-2-8-18-16/h2-4,7-8,14-15H,5-6,9-11H2,1H3/t14-,15+/m1/s1. The number of hydrogen-bond donors (Lipinski definition) is 0. The number of fused-ring (bicyclic) bond motifs is 1. The van der Waals surface area contributed by atoms with Crippen LogP contribution in [0.3, 0.4) is 0 Å². The van der Waals surface area contributed by atoms with Gasteiger partial charge in [-0.05, 0) is 38.0 Å². The van der Waals surface area contributed by atoms with Crippen LogP contribution in [0.25, 0.3) is 0 Å². The second-order valence-corrected chi connectivity index (χ2v) is 5.94. The van der Waals surface area contributed by atoms with E-state index < -0.39 is 0 Å². The number of likely N-dealkylation sites (tertiary alicyclic amines) is 1. The molecule has 5 heteroatoms. The van der Waals surface area contributed by atoms with Crippen molar-refractivity contribution in [3.63, 3.8) is 0 Å². The first-order chi connectivity index (χ1) is 10.3. The molecule has 2 aliphatic rings. The predicted molar refractivity (Wildman–Crippen MR) is 80.0 cm³/mol. The fraction of sp³-hybridized carbons (Fsp3) is 0.500.